The largest absolute Gasteiger partial charge is 0.491 e. The molecular formula is C18H16ClFN2O2S. The van der Waals surface area contributed by atoms with Crippen LogP contribution >= 0.6 is 23.4 Å². The van der Waals surface area contributed by atoms with Crippen LogP contribution in [0.2, 0.25) is 5.02 Å². The minimum atomic E-state index is -0.681. The number of nitrogens with zero attached hydrogens (tertiary/aromatic N) is 2. The first kappa shape index (κ1) is 17.8. The van der Waals surface area contributed by atoms with Crippen molar-refractivity contribution in [1.29, 1.82) is 0 Å². The molecule has 4 nitrogen and oxygen atoms in total. The van der Waals surface area contributed by atoms with E-state index < -0.39 is 6.10 Å². The molecule has 0 amide bonds. The molecule has 1 N–H and O–H groups in total. The smallest absolute Gasteiger partial charge is 0.172 e. The fourth-order valence-electron chi connectivity index (χ4n) is 2.16. The standard InChI is InChI=1S/C18H16ClFN2O2S/c19-13-2-1-3-15(10-13)22-9-8-21-18(22)25-12-16(23)11-24-17-6-4-14(20)5-7-17/h1-10,16,23H,11-12H2. The summed E-state index contributed by atoms with van der Waals surface area (Å²) in [6.07, 6.45) is 2.86. The van der Waals surface area contributed by atoms with Gasteiger partial charge in [-0.25, -0.2) is 9.37 Å². The Balaban J connectivity index is 1.55. The Morgan fingerprint density at radius 2 is 2.04 bits per heavy atom. The average molecular weight is 379 g/mol. The van der Waals surface area contributed by atoms with Crippen molar-refractivity contribution in [2.45, 2.75) is 11.3 Å². The zero-order valence-corrected chi connectivity index (χ0v) is 14.8. The van der Waals surface area contributed by atoms with E-state index in [0.29, 0.717) is 16.5 Å². The Morgan fingerprint density at radius 3 is 2.80 bits per heavy atom. The van der Waals surface area contributed by atoms with Crippen LogP contribution < -0.4 is 4.74 Å². The summed E-state index contributed by atoms with van der Waals surface area (Å²) >= 11 is 7.45. The third kappa shape index (κ3) is 4.98. The van der Waals surface area contributed by atoms with Crippen molar-refractivity contribution in [2.24, 2.45) is 0 Å². The van der Waals surface area contributed by atoms with Crippen LogP contribution in [-0.2, 0) is 0 Å². The number of aliphatic hydroxyl groups is 1. The van der Waals surface area contributed by atoms with Gasteiger partial charge in [-0.3, -0.25) is 4.57 Å². The first-order valence-corrected chi connectivity index (χ1v) is 8.97. The number of imidazole rings is 1. The van der Waals surface area contributed by atoms with Crippen LogP contribution in [0.4, 0.5) is 4.39 Å². The van der Waals surface area contributed by atoms with Gasteiger partial charge < -0.3 is 9.84 Å². The number of halogens is 2. The zero-order chi connectivity index (χ0) is 17.6. The van der Waals surface area contributed by atoms with Gasteiger partial charge in [0.1, 0.15) is 18.2 Å². The van der Waals surface area contributed by atoms with E-state index in [-0.39, 0.29) is 12.4 Å². The lowest BCUT2D eigenvalue weighted by Crippen LogP contribution is -2.20. The maximum atomic E-state index is 12.8. The molecule has 3 rings (SSSR count). The van der Waals surface area contributed by atoms with Gasteiger partial charge in [0.25, 0.3) is 0 Å². The van der Waals surface area contributed by atoms with Gasteiger partial charge in [-0.2, -0.15) is 0 Å². The topological polar surface area (TPSA) is 47.3 Å². The molecule has 0 aliphatic carbocycles. The second kappa shape index (κ2) is 8.38. The predicted molar refractivity (Wildman–Crippen MR) is 97.2 cm³/mol. The second-order valence-corrected chi connectivity index (χ2v) is 6.71. The second-order valence-electron chi connectivity index (χ2n) is 5.29. The molecule has 1 heterocycles. The van der Waals surface area contributed by atoms with Crippen molar-refractivity contribution in [3.8, 4) is 11.4 Å². The molecule has 1 atom stereocenters. The average Bonchev–Trinajstić information content (AvgIpc) is 3.08. The van der Waals surface area contributed by atoms with E-state index in [2.05, 4.69) is 4.98 Å². The van der Waals surface area contributed by atoms with Crippen LogP contribution in [-0.4, -0.2) is 33.1 Å². The van der Waals surface area contributed by atoms with Gasteiger partial charge in [0.2, 0.25) is 0 Å². The molecule has 0 aliphatic rings. The van der Waals surface area contributed by atoms with Crippen molar-refractivity contribution in [1.82, 2.24) is 9.55 Å². The summed E-state index contributed by atoms with van der Waals surface area (Å²) in [6.45, 7) is 0.122. The summed E-state index contributed by atoms with van der Waals surface area (Å²) in [5.41, 5.74) is 0.907. The van der Waals surface area contributed by atoms with E-state index in [1.54, 1.807) is 6.20 Å². The molecule has 0 saturated heterocycles. The van der Waals surface area contributed by atoms with E-state index in [1.165, 1.54) is 36.0 Å². The summed E-state index contributed by atoms with van der Waals surface area (Å²) in [4.78, 5) is 4.31. The molecule has 130 valence electrons. The van der Waals surface area contributed by atoms with Gasteiger partial charge in [0.05, 0.1) is 6.10 Å². The molecule has 0 bridgehead atoms. The van der Waals surface area contributed by atoms with Crippen LogP contribution in [0.1, 0.15) is 0 Å². The van der Waals surface area contributed by atoms with Crippen molar-refractivity contribution >= 4 is 23.4 Å². The number of hydrogen-bond acceptors (Lipinski definition) is 4. The van der Waals surface area contributed by atoms with Crippen LogP contribution in [0.25, 0.3) is 5.69 Å². The summed E-state index contributed by atoms with van der Waals surface area (Å²) in [5, 5.41) is 11.5. The molecule has 0 radical (unpaired) electrons. The molecule has 0 saturated carbocycles. The Kier molecular flexibility index (Phi) is 5.96. The van der Waals surface area contributed by atoms with E-state index in [9.17, 15) is 9.50 Å². The molecule has 0 aliphatic heterocycles. The highest BCUT2D eigenvalue weighted by molar-refractivity contribution is 7.99. The number of aliphatic hydroxyl groups excluding tert-OH is 1. The Hall–Kier alpha value is -2.02. The van der Waals surface area contributed by atoms with Gasteiger partial charge >= 0.3 is 0 Å². The Labute approximate surface area is 154 Å². The van der Waals surface area contributed by atoms with Crippen LogP contribution in [0, 0.1) is 5.82 Å². The molecule has 7 heteroatoms. The first-order valence-electron chi connectivity index (χ1n) is 7.60. The zero-order valence-electron chi connectivity index (χ0n) is 13.2. The van der Waals surface area contributed by atoms with Crippen molar-refractivity contribution in [3.63, 3.8) is 0 Å². The van der Waals surface area contributed by atoms with Crippen molar-refractivity contribution in [3.05, 3.63) is 71.8 Å². The number of thioether (sulfide) groups is 1. The Morgan fingerprint density at radius 1 is 1.24 bits per heavy atom. The monoisotopic (exact) mass is 378 g/mol. The van der Waals surface area contributed by atoms with E-state index in [0.717, 1.165) is 10.8 Å². The first-order chi connectivity index (χ1) is 12.1. The minimum absolute atomic E-state index is 0.122. The minimum Gasteiger partial charge on any atom is -0.491 e. The van der Waals surface area contributed by atoms with Gasteiger partial charge in [0.15, 0.2) is 5.16 Å². The third-order valence-corrected chi connectivity index (χ3v) is 4.70. The highest BCUT2D eigenvalue weighted by Gasteiger charge is 2.11. The van der Waals surface area contributed by atoms with Gasteiger partial charge in [0, 0.05) is 28.9 Å². The molecule has 0 fully saturated rings. The van der Waals surface area contributed by atoms with E-state index in [1.807, 2.05) is 35.0 Å². The predicted octanol–water partition coefficient (Wildman–Crippen LogP) is 4.20. The van der Waals surface area contributed by atoms with E-state index in [4.69, 9.17) is 16.3 Å². The highest BCUT2D eigenvalue weighted by atomic mass is 35.5. The number of rotatable bonds is 7. The maximum Gasteiger partial charge on any atom is 0.172 e. The summed E-state index contributed by atoms with van der Waals surface area (Å²) in [6, 6.07) is 13.2. The lowest BCUT2D eigenvalue weighted by atomic mass is 10.3. The Bertz CT molecular complexity index is 826. The summed E-state index contributed by atoms with van der Waals surface area (Å²) in [7, 11) is 0. The molecule has 2 aromatic carbocycles. The summed E-state index contributed by atoms with van der Waals surface area (Å²) in [5.74, 6) is 0.612. The highest BCUT2D eigenvalue weighted by Crippen LogP contribution is 2.23. The van der Waals surface area contributed by atoms with Crippen LogP contribution in [0.5, 0.6) is 5.75 Å². The molecular weight excluding hydrogens is 363 g/mol. The maximum absolute atomic E-state index is 12.8. The van der Waals surface area contributed by atoms with Gasteiger partial charge in [-0.15, -0.1) is 0 Å². The fraction of sp³-hybridized carbons (Fsp3) is 0.167. The van der Waals surface area contributed by atoms with Crippen molar-refractivity contribution in [2.75, 3.05) is 12.4 Å². The van der Waals surface area contributed by atoms with Crippen molar-refractivity contribution < 1.29 is 14.2 Å². The fourth-order valence-corrected chi connectivity index (χ4v) is 3.22. The quantitative estimate of drug-likeness (QED) is 0.626. The number of ether oxygens (including phenoxy) is 1. The van der Waals surface area contributed by atoms with Gasteiger partial charge in [-0.05, 0) is 42.5 Å². The number of aromatic nitrogens is 2. The molecule has 1 unspecified atom stereocenters. The molecule has 25 heavy (non-hydrogen) atoms. The SMILES string of the molecule is OC(COc1ccc(F)cc1)CSc1nccn1-c1cccc(Cl)c1. The lowest BCUT2D eigenvalue weighted by molar-refractivity contribution is 0.126. The van der Waals surface area contributed by atoms with E-state index >= 15 is 0 Å². The number of hydrogen-bond donors (Lipinski definition) is 1. The molecule has 0 spiro atoms. The number of benzene rings is 2. The van der Waals surface area contributed by atoms with Crippen LogP contribution in [0.15, 0.2) is 66.1 Å². The third-order valence-electron chi connectivity index (χ3n) is 3.35. The normalized spacial score (nSPS) is 12.1. The molecule has 3 aromatic rings. The molecule has 1 aromatic heterocycles. The summed E-state index contributed by atoms with van der Waals surface area (Å²) < 4.78 is 20.2. The van der Waals surface area contributed by atoms with Crippen LogP contribution in [0.3, 0.4) is 0 Å². The van der Waals surface area contributed by atoms with Gasteiger partial charge in [-0.1, -0.05) is 29.4 Å². The lowest BCUT2D eigenvalue weighted by Gasteiger charge is -2.13.